The number of benzene rings is 1. The van der Waals surface area contributed by atoms with Crippen LogP contribution in [-0.4, -0.2) is 36.9 Å². The van der Waals surface area contributed by atoms with Crippen molar-refractivity contribution in [2.75, 3.05) is 13.1 Å². The van der Waals surface area contributed by atoms with Crippen molar-refractivity contribution in [3.63, 3.8) is 0 Å². The summed E-state index contributed by atoms with van der Waals surface area (Å²) in [6.45, 7) is -0.349. The summed E-state index contributed by atoms with van der Waals surface area (Å²) in [5.41, 5.74) is 0. The molecule has 0 saturated carbocycles. The first-order valence-electron chi connectivity index (χ1n) is 5.61. The lowest BCUT2D eigenvalue weighted by atomic mass is 10.1. The number of carbonyl (C=O) groups is 1. The molecule has 1 aromatic rings. The Morgan fingerprint density at radius 2 is 1.80 bits per heavy atom. The third kappa shape index (κ3) is 2.50. The number of nitrogens with zero attached hydrogens (tertiary/aromatic N) is 1. The van der Waals surface area contributed by atoms with E-state index < -0.39 is 44.3 Å². The van der Waals surface area contributed by atoms with Gasteiger partial charge in [-0.2, -0.15) is 4.31 Å². The number of carboxylic acid groups (broad SMARTS) is 1. The van der Waals surface area contributed by atoms with E-state index in [1.807, 2.05) is 0 Å². The van der Waals surface area contributed by atoms with E-state index in [0.717, 1.165) is 4.31 Å². The van der Waals surface area contributed by atoms with Crippen LogP contribution in [0.25, 0.3) is 0 Å². The van der Waals surface area contributed by atoms with Gasteiger partial charge < -0.3 is 5.11 Å². The molecule has 0 aromatic heterocycles. The van der Waals surface area contributed by atoms with Gasteiger partial charge in [-0.3, -0.25) is 4.79 Å². The average Bonchev–Trinajstić information content (AvgIpc) is 2.85. The summed E-state index contributed by atoms with van der Waals surface area (Å²) in [4.78, 5) is 10.0. The number of halogens is 3. The Morgan fingerprint density at radius 3 is 2.25 bits per heavy atom. The molecule has 110 valence electrons. The van der Waals surface area contributed by atoms with Gasteiger partial charge in [-0.05, 0) is 18.6 Å². The standard InChI is InChI=1S/C11H10F3NO4S/c12-8-3-7(4-9(13)10(8)14)20(18,19)15-2-1-6(5-15)11(16)17/h3-4,6H,1-2,5H2,(H,16,17). The van der Waals surface area contributed by atoms with Crippen molar-refractivity contribution in [2.45, 2.75) is 11.3 Å². The molecule has 0 aliphatic carbocycles. The van der Waals surface area contributed by atoms with Crippen LogP contribution in [0.5, 0.6) is 0 Å². The first-order chi connectivity index (χ1) is 9.23. The first kappa shape index (κ1) is 14.8. The van der Waals surface area contributed by atoms with Gasteiger partial charge in [0.1, 0.15) is 0 Å². The zero-order valence-corrected chi connectivity index (χ0v) is 10.8. The monoisotopic (exact) mass is 309 g/mol. The second kappa shape index (κ2) is 5.06. The Labute approximate surface area is 112 Å². The lowest BCUT2D eigenvalue weighted by Gasteiger charge is -2.16. The van der Waals surface area contributed by atoms with E-state index in [0.29, 0.717) is 12.1 Å². The number of carboxylic acids is 1. The number of rotatable bonds is 3. The second-order valence-corrected chi connectivity index (χ2v) is 6.33. The van der Waals surface area contributed by atoms with Gasteiger partial charge in [0.2, 0.25) is 10.0 Å². The third-order valence-electron chi connectivity index (χ3n) is 3.10. The van der Waals surface area contributed by atoms with E-state index >= 15 is 0 Å². The van der Waals surface area contributed by atoms with Crippen molar-refractivity contribution in [3.8, 4) is 0 Å². The molecule has 1 aliphatic heterocycles. The summed E-state index contributed by atoms with van der Waals surface area (Å²) in [7, 11) is -4.24. The van der Waals surface area contributed by atoms with Crippen LogP contribution < -0.4 is 0 Å². The Balaban J connectivity index is 2.35. The molecule has 1 unspecified atom stereocenters. The van der Waals surface area contributed by atoms with Crippen LogP contribution in [0.15, 0.2) is 17.0 Å². The van der Waals surface area contributed by atoms with Gasteiger partial charge in [-0.1, -0.05) is 0 Å². The van der Waals surface area contributed by atoms with E-state index in [1.165, 1.54) is 0 Å². The van der Waals surface area contributed by atoms with Crippen molar-refractivity contribution < 1.29 is 31.5 Å². The summed E-state index contributed by atoms with van der Waals surface area (Å²) in [5.74, 6) is -6.98. The van der Waals surface area contributed by atoms with Gasteiger partial charge in [0.15, 0.2) is 17.5 Å². The SMILES string of the molecule is O=C(O)C1CCN(S(=O)(=O)c2cc(F)c(F)c(F)c2)C1. The van der Waals surface area contributed by atoms with E-state index in [-0.39, 0.29) is 19.5 Å². The minimum absolute atomic E-state index is 0.0695. The maximum absolute atomic E-state index is 13.1. The second-order valence-electron chi connectivity index (χ2n) is 4.39. The summed E-state index contributed by atoms with van der Waals surface area (Å²) < 4.78 is 64.0. The van der Waals surface area contributed by atoms with Crippen molar-refractivity contribution in [1.29, 1.82) is 0 Å². The molecule has 0 radical (unpaired) electrons. The molecule has 1 aliphatic rings. The maximum Gasteiger partial charge on any atom is 0.307 e. The Hall–Kier alpha value is -1.61. The summed E-state index contributed by atoms with van der Waals surface area (Å²) >= 11 is 0. The van der Waals surface area contributed by atoms with Crippen LogP contribution in [-0.2, 0) is 14.8 Å². The summed E-state index contributed by atoms with van der Waals surface area (Å²) in [5, 5.41) is 8.80. The Bertz CT molecular complexity index is 639. The molecule has 1 fully saturated rings. The maximum atomic E-state index is 13.1. The van der Waals surface area contributed by atoms with Crippen LogP contribution in [0.4, 0.5) is 13.2 Å². The van der Waals surface area contributed by atoms with Crippen molar-refractivity contribution >= 4 is 16.0 Å². The van der Waals surface area contributed by atoms with E-state index in [9.17, 15) is 26.4 Å². The van der Waals surface area contributed by atoms with Crippen molar-refractivity contribution in [2.24, 2.45) is 5.92 Å². The minimum atomic E-state index is -4.24. The van der Waals surface area contributed by atoms with Crippen LogP contribution in [0, 0.1) is 23.4 Å². The summed E-state index contributed by atoms with van der Waals surface area (Å²) in [6, 6.07) is 0.754. The molecule has 9 heteroatoms. The predicted octanol–water partition coefficient (Wildman–Crippen LogP) is 1.20. The van der Waals surface area contributed by atoms with Crippen molar-refractivity contribution in [3.05, 3.63) is 29.6 Å². The fourth-order valence-electron chi connectivity index (χ4n) is 1.98. The largest absolute Gasteiger partial charge is 0.481 e. The molecule has 0 spiro atoms. The fraction of sp³-hybridized carbons (Fsp3) is 0.364. The smallest absolute Gasteiger partial charge is 0.307 e. The van der Waals surface area contributed by atoms with Gasteiger partial charge in [0.25, 0.3) is 0 Å². The van der Waals surface area contributed by atoms with E-state index in [2.05, 4.69) is 0 Å². The van der Waals surface area contributed by atoms with Crippen LogP contribution in [0.3, 0.4) is 0 Å². The highest BCUT2D eigenvalue weighted by atomic mass is 32.2. The van der Waals surface area contributed by atoms with Crippen LogP contribution in [0.1, 0.15) is 6.42 Å². The third-order valence-corrected chi connectivity index (χ3v) is 4.94. The number of aliphatic carboxylic acids is 1. The quantitative estimate of drug-likeness (QED) is 0.851. The molecule has 1 N–H and O–H groups in total. The number of hydrogen-bond acceptors (Lipinski definition) is 3. The predicted molar refractivity (Wildman–Crippen MR) is 60.8 cm³/mol. The minimum Gasteiger partial charge on any atom is -0.481 e. The van der Waals surface area contributed by atoms with Crippen LogP contribution >= 0.6 is 0 Å². The molecule has 1 atom stereocenters. The fourth-order valence-corrected chi connectivity index (χ4v) is 3.50. The topological polar surface area (TPSA) is 74.7 Å². The molecule has 1 saturated heterocycles. The molecule has 1 heterocycles. The Morgan fingerprint density at radius 1 is 1.25 bits per heavy atom. The number of sulfonamides is 1. The van der Waals surface area contributed by atoms with Gasteiger partial charge in [-0.15, -0.1) is 0 Å². The molecule has 0 amide bonds. The summed E-state index contributed by atoms with van der Waals surface area (Å²) in [6.07, 6.45) is 0.112. The van der Waals surface area contributed by atoms with Crippen LogP contribution in [0.2, 0.25) is 0 Å². The Kier molecular flexibility index (Phi) is 3.74. The average molecular weight is 309 g/mol. The molecule has 2 rings (SSSR count). The lowest BCUT2D eigenvalue weighted by Crippen LogP contribution is -2.30. The zero-order valence-electron chi connectivity index (χ0n) is 10.0. The normalized spacial score (nSPS) is 20.2. The van der Waals surface area contributed by atoms with Gasteiger partial charge >= 0.3 is 5.97 Å². The highest BCUT2D eigenvalue weighted by molar-refractivity contribution is 7.89. The molecule has 0 bridgehead atoms. The zero-order chi connectivity index (χ0) is 15.1. The molecule has 1 aromatic carbocycles. The highest BCUT2D eigenvalue weighted by Crippen LogP contribution is 2.26. The van der Waals surface area contributed by atoms with Gasteiger partial charge in [0, 0.05) is 13.1 Å². The first-order valence-corrected chi connectivity index (χ1v) is 7.05. The van der Waals surface area contributed by atoms with Gasteiger partial charge in [-0.25, -0.2) is 21.6 Å². The molecule has 20 heavy (non-hydrogen) atoms. The van der Waals surface area contributed by atoms with Crippen molar-refractivity contribution in [1.82, 2.24) is 4.31 Å². The molecule has 5 nitrogen and oxygen atoms in total. The highest BCUT2D eigenvalue weighted by Gasteiger charge is 2.36. The lowest BCUT2D eigenvalue weighted by molar-refractivity contribution is -0.141. The number of hydrogen-bond donors (Lipinski definition) is 1. The molecular formula is C11H10F3NO4S. The van der Waals surface area contributed by atoms with E-state index in [4.69, 9.17) is 5.11 Å². The van der Waals surface area contributed by atoms with E-state index in [1.54, 1.807) is 0 Å². The molecular weight excluding hydrogens is 299 g/mol. The van der Waals surface area contributed by atoms with Gasteiger partial charge in [0.05, 0.1) is 10.8 Å².